The van der Waals surface area contributed by atoms with Gasteiger partial charge in [-0.2, -0.15) is 13.5 Å². The summed E-state index contributed by atoms with van der Waals surface area (Å²) in [7, 11) is -2.01. The fourth-order valence-corrected chi connectivity index (χ4v) is 3.43. The van der Waals surface area contributed by atoms with Crippen LogP contribution in [0.1, 0.15) is 44.1 Å². The largest absolute Gasteiger partial charge is 0.455 e. The highest BCUT2D eigenvalue weighted by molar-refractivity contribution is 7.88. The van der Waals surface area contributed by atoms with Crippen molar-refractivity contribution >= 4 is 16.1 Å². The maximum absolute atomic E-state index is 12.4. The van der Waals surface area contributed by atoms with Crippen LogP contribution in [0.3, 0.4) is 0 Å². The number of hydrogen-bond donors (Lipinski definition) is 0. The highest BCUT2D eigenvalue weighted by Gasteiger charge is 2.38. The van der Waals surface area contributed by atoms with Crippen LogP contribution in [-0.4, -0.2) is 45.0 Å². The molecule has 0 bridgehead atoms. The molecule has 2 aromatic heterocycles. The summed E-state index contributed by atoms with van der Waals surface area (Å²) in [6.45, 7) is 5.30. The number of aryl methyl sites for hydroxylation is 1. The molecule has 0 spiro atoms. The molecule has 0 aliphatic heterocycles. The van der Waals surface area contributed by atoms with Gasteiger partial charge in [0.1, 0.15) is 5.60 Å². The Bertz CT molecular complexity index is 925. The lowest BCUT2D eigenvalue weighted by Gasteiger charge is -2.19. The predicted octanol–water partition coefficient (Wildman–Crippen LogP) is 1.70. The lowest BCUT2D eigenvalue weighted by Crippen LogP contribution is -2.25. The topological polar surface area (TPSA) is 113 Å². The van der Waals surface area contributed by atoms with E-state index in [0.29, 0.717) is 18.4 Å². The first-order valence-electron chi connectivity index (χ1n) is 8.08. The number of esters is 1. The van der Waals surface area contributed by atoms with Crippen LogP contribution in [0.4, 0.5) is 0 Å². The third-order valence-corrected chi connectivity index (χ3v) is 5.26. The molecule has 2 aromatic rings. The number of carbonyl (C=O) groups is 1. The number of hydrogen-bond acceptors (Lipinski definition) is 8. The fourth-order valence-electron chi connectivity index (χ4n) is 2.23. The predicted molar refractivity (Wildman–Crippen MR) is 92.0 cm³/mol. The smallest absolute Gasteiger partial charge is 0.357 e. The molecule has 26 heavy (non-hydrogen) atoms. The Labute approximate surface area is 151 Å². The van der Waals surface area contributed by atoms with Crippen LogP contribution in [0, 0.1) is 0 Å². The quantitative estimate of drug-likeness (QED) is 0.569. The Hall–Kier alpha value is -2.49. The fraction of sp³-hybridized carbons (Fsp3) is 0.500. The third-order valence-electron chi connectivity index (χ3n) is 3.55. The van der Waals surface area contributed by atoms with E-state index in [2.05, 4.69) is 15.1 Å². The SMILES string of the molecule is Cn1ncc(-c2ncc(OS(=O)(=O)C3CC3)cn2)c1C(=O)OC(C)(C)C. The standard InChI is InChI=1S/C16H20N4O5S/c1-16(2,3)24-15(21)13-12(9-19-20(13)4)14-17-7-10(8-18-14)25-26(22,23)11-5-6-11/h7-9,11H,5-6H2,1-4H3. The van der Waals surface area contributed by atoms with Crippen molar-refractivity contribution < 1.29 is 22.1 Å². The summed E-state index contributed by atoms with van der Waals surface area (Å²) in [6.07, 6.45) is 5.19. The zero-order chi connectivity index (χ0) is 19.1. The summed E-state index contributed by atoms with van der Waals surface area (Å²) >= 11 is 0. The first kappa shape index (κ1) is 18.3. The van der Waals surface area contributed by atoms with Crippen LogP contribution in [0.2, 0.25) is 0 Å². The number of nitrogens with zero attached hydrogens (tertiary/aromatic N) is 4. The van der Waals surface area contributed by atoms with Crippen LogP contribution in [0.5, 0.6) is 5.75 Å². The zero-order valence-electron chi connectivity index (χ0n) is 15.0. The van der Waals surface area contributed by atoms with Crippen molar-refractivity contribution in [2.45, 2.75) is 44.5 Å². The first-order valence-corrected chi connectivity index (χ1v) is 9.55. The number of ether oxygens (including phenoxy) is 1. The van der Waals surface area contributed by atoms with Gasteiger partial charge in [-0.15, -0.1) is 0 Å². The van der Waals surface area contributed by atoms with Crippen molar-refractivity contribution in [2.75, 3.05) is 0 Å². The second-order valence-corrected chi connectivity index (χ2v) is 8.87. The van der Waals surface area contributed by atoms with E-state index in [1.165, 1.54) is 23.3 Å². The minimum Gasteiger partial charge on any atom is -0.455 e. The summed E-state index contributed by atoms with van der Waals surface area (Å²) in [5.74, 6) is -0.300. The lowest BCUT2D eigenvalue weighted by molar-refractivity contribution is 0.00584. The Morgan fingerprint density at radius 2 is 1.81 bits per heavy atom. The van der Waals surface area contributed by atoms with E-state index < -0.39 is 26.9 Å². The van der Waals surface area contributed by atoms with Crippen LogP contribution in [0.15, 0.2) is 18.6 Å². The second kappa shape index (κ2) is 6.35. The van der Waals surface area contributed by atoms with E-state index >= 15 is 0 Å². The molecular weight excluding hydrogens is 360 g/mol. The molecule has 0 amide bonds. The van der Waals surface area contributed by atoms with Gasteiger partial charge in [0.25, 0.3) is 0 Å². The summed E-state index contributed by atoms with van der Waals surface area (Å²) in [6, 6.07) is 0. The molecule has 0 N–H and O–H groups in total. The van der Waals surface area contributed by atoms with Gasteiger partial charge in [0.05, 0.1) is 29.4 Å². The van der Waals surface area contributed by atoms with E-state index in [0.717, 1.165) is 0 Å². The van der Waals surface area contributed by atoms with Gasteiger partial charge in [0.15, 0.2) is 17.3 Å². The van der Waals surface area contributed by atoms with E-state index in [1.54, 1.807) is 27.8 Å². The molecule has 1 aliphatic rings. The number of aromatic nitrogens is 4. The Kier molecular flexibility index (Phi) is 4.47. The molecule has 0 atom stereocenters. The Morgan fingerprint density at radius 1 is 1.19 bits per heavy atom. The maximum atomic E-state index is 12.4. The molecule has 0 aromatic carbocycles. The van der Waals surface area contributed by atoms with E-state index in [-0.39, 0.29) is 17.3 Å². The maximum Gasteiger partial charge on any atom is 0.357 e. The molecule has 0 saturated heterocycles. The van der Waals surface area contributed by atoms with Gasteiger partial charge in [-0.3, -0.25) is 4.68 Å². The monoisotopic (exact) mass is 380 g/mol. The number of rotatable bonds is 5. The summed E-state index contributed by atoms with van der Waals surface area (Å²) in [5, 5.41) is 3.62. The van der Waals surface area contributed by atoms with E-state index in [1.807, 2.05) is 0 Å². The van der Waals surface area contributed by atoms with Gasteiger partial charge in [-0.05, 0) is 33.6 Å². The van der Waals surface area contributed by atoms with Crippen molar-refractivity contribution in [2.24, 2.45) is 7.05 Å². The Balaban J connectivity index is 1.85. The molecule has 10 heteroatoms. The van der Waals surface area contributed by atoms with Crippen molar-refractivity contribution in [3.05, 3.63) is 24.3 Å². The third kappa shape index (κ3) is 4.01. The van der Waals surface area contributed by atoms with Gasteiger partial charge in [-0.1, -0.05) is 0 Å². The van der Waals surface area contributed by atoms with Crippen LogP contribution < -0.4 is 4.18 Å². The summed E-state index contributed by atoms with van der Waals surface area (Å²) < 4.78 is 35.5. The van der Waals surface area contributed by atoms with E-state index in [9.17, 15) is 13.2 Å². The summed E-state index contributed by atoms with van der Waals surface area (Å²) in [4.78, 5) is 20.6. The molecule has 1 saturated carbocycles. The number of carbonyl (C=O) groups excluding carboxylic acids is 1. The van der Waals surface area contributed by atoms with Gasteiger partial charge in [-0.25, -0.2) is 14.8 Å². The van der Waals surface area contributed by atoms with Crippen molar-refractivity contribution in [3.63, 3.8) is 0 Å². The Morgan fingerprint density at radius 3 is 2.35 bits per heavy atom. The van der Waals surface area contributed by atoms with Gasteiger partial charge >= 0.3 is 16.1 Å². The first-order chi connectivity index (χ1) is 12.1. The average Bonchev–Trinajstić information content (AvgIpc) is 3.30. The van der Waals surface area contributed by atoms with Gasteiger partial charge in [0.2, 0.25) is 0 Å². The minimum atomic E-state index is -3.63. The lowest BCUT2D eigenvalue weighted by atomic mass is 10.2. The zero-order valence-corrected chi connectivity index (χ0v) is 15.8. The van der Waals surface area contributed by atoms with Gasteiger partial charge in [0, 0.05) is 7.05 Å². The van der Waals surface area contributed by atoms with E-state index in [4.69, 9.17) is 8.92 Å². The minimum absolute atomic E-state index is 0.0309. The van der Waals surface area contributed by atoms with Crippen molar-refractivity contribution in [1.82, 2.24) is 19.7 Å². The van der Waals surface area contributed by atoms with Gasteiger partial charge < -0.3 is 8.92 Å². The molecule has 0 unspecified atom stereocenters. The van der Waals surface area contributed by atoms with Crippen LogP contribution in [0.25, 0.3) is 11.4 Å². The van der Waals surface area contributed by atoms with Crippen LogP contribution >= 0.6 is 0 Å². The average molecular weight is 380 g/mol. The van der Waals surface area contributed by atoms with Crippen molar-refractivity contribution in [3.8, 4) is 17.1 Å². The molecule has 1 aliphatic carbocycles. The highest BCUT2D eigenvalue weighted by Crippen LogP contribution is 2.30. The molecule has 9 nitrogen and oxygen atoms in total. The highest BCUT2D eigenvalue weighted by atomic mass is 32.2. The second-order valence-electron chi connectivity index (χ2n) is 7.05. The molecule has 3 rings (SSSR count). The molecule has 1 fully saturated rings. The summed E-state index contributed by atoms with van der Waals surface area (Å²) in [5.41, 5.74) is -0.0634. The molecule has 2 heterocycles. The molecule has 140 valence electrons. The molecular formula is C16H20N4O5S. The van der Waals surface area contributed by atoms with Crippen LogP contribution in [-0.2, 0) is 21.9 Å². The van der Waals surface area contributed by atoms with Crippen molar-refractivity contribution in [1.29, 1.82) is 0 Å². The normalized spacial score (nSPS) is 14.9. The molecule has 0 radical (unpaired) electrons.